The third-order valence-electron chi connectivity index (χ3n) is 1.42. The van der Waals surface area contributed by atoms with Gasteiger partial charge in [0.15, 0.2) is 0 Å². The molecule has 0 bridgehead atoms. The topological polar surface area (TPSA) is 38.3 Å². The number of hydrogen-bond acceptors (Lipinski definition) is 2. The maximum Gasteiger partial charge on any atom is 0.230 e. The SMILES string of the molecule is O=CNOC/C=C/c1ccccc1. The lowest BCUT2D eigenvalue weighted by atomic mass is 10.2. The molecule has 0 radical (unpaired) electrons. The van der Waals surface area contributed by atoms with Crippen LogP contribution in [0.25, 0.3) is 6.08 Å². The van der Waals surface area contributed by atoms with Crippen molar-refractivity contribution in [3.8, 4) is 0 Å². The van der Waals surface area contributed by atoms with Crippen LogP contribution in [0, 0.1) is 0 Å². The summed E-state index contributed by atoms with van der Waals surface area (Å²) >= 11 is 0. The van der Waals surface area contributed by atoms with E-state index >= 15 is 0 Å². The van der Waals surface area contributed by atoms with Crippen LogP contribution >= 0.6 is 0 Å². The maximum absolute atomic E-state index is 9.78. The first-order chi connectivity index (χ1) is 6.43. The number of carbonyl (C=O) groups excluding carboxylic acids is 1. The molecule has 1 aromatic rings. The molecule has 3 nitrogen and oxygen atoms in total. The molecule has 1 amide bonds. The molecule has 1 aromatic carbocycles. The Bertz CT molecular complexity index is 270. The molecule has 0 aliphatic rings. The zero-order chi connectivity index (χ0) is 9.36. The summed E-state index contributed by atoms with van der Waals surface area (Å²) in [5.41, 5.74) is 3.21. The number of hydroxylamine groups is 1. The number of benzene rings is 1. The quantitative estimate of drug-likeness (QED) is 0.419. The van der Waals surface area contributed by atoms with Gasteiger partial charge in [0.05, 0.1) is 6.61 Å². The molecule has 68 valence electrons. The van der Waals surface area contributed by atoms with Crippen LogP contribution in [0.15, 0.2) is 36.4 Å². The van der Waals surface area contributed by atoms with Gasteiger partial charge >= 0.3 is 0 Å². The van der Waals surface area contributed by atoms with Gasteiger partial charge in [0.2, 0.25) is 6.41 Å². The van der Waals surface area contributed by atoms with Crippen molar-refractivity contribution >= 4 is 12.5 Å². The fourth-order valence-corrected chi connectivity index (χ4v) is 0.879. The minimum absolute atomic E-state index is 0.369. The molecule has 1 rings (SSSR count). The lowest BCUT2D eigenvalue weighted by Gasteiger charge is -1.94. The zero-order valence-electron chi connectivity index (χ0n) is 7.14. The highest BCUT2D eigenvalue weighted by Crippen LogP contribution is 1.99. The lowest BCUT2D eigenvalue weighted by Crippen LogP contribution is -2.10. The summed E-state index contributed by atoms with van der Waals surface area (Å²) in [6, 6.07) is 9.86. The summed E-state index contributed by atoms with van der Waals surface area (Å²) in [5, 5.41) is 0. The molecule has 0 heterocycles. The van der Waals surface area contributed by atoms with Crippen LogP contribution in [-0.2, 0) is 9.63 Å². The number of amides is 1. The highest BCUT2D eigenvalue weighted by Gasteiger charge is 1.82. The van der Waals surface area contributed by atoms with Gasteiger partial charge in [-0.3, -0.25) is 9.63 Å². The molecular formula is C10H11NO2. The summed E-state index contributed by atoms with van der Waals surface area (Å²) in [6.07, 6.45) is 4.24. The van der Waals surface area contributed by atoms with Crippen LogP contribution < -0.4 is 5.48 Å². The summed E-state index contributed by atoms with van der Waals surface area (Å²) in [7, 11) is 0. The summed E-state index contributed by atoms with van der Waals surface area (Å²) in [5.74, 6) is 0. The number of rotatable bonds is 5. The molecule has 0 aliphatic carbocycles. The predicted octanol–water partition coefficient (Wildman–Crippen LogP) is 1.38. The maximum atomic E-state index is 9.78. The molecular weight excluding hydrogens is 166 g/mol. The fourth-order valence-electron chi connectivity index (χ4n) is 0.879. The average Bonchev–Trinajstić information content (AvgIpc) is 2.19. The monoisotopic (exact) mass is 177 g/mol. The van der Waals surface area contributed by atoms with Gasteiger partial charge in [-0.05, 0) is 5.56 Å². The number of carbonyl (C=O) groups is 1. The van der Waals surface area contributed by atoms with Crippen LogP contribution in [-0.4, -0.2) is 13.0 Å². The highest BCUT2D eigenvalue weighted by atomic mass is 16.6. The Morgan fingerprint density at radius 2 is 2.08 bits per heavy atom. The first-order valence-electron chi connectivity index (χ1n) is 3.96. The minimum atomic E-state index is 0.369. The lowest BCUT2D eigenvalue weighted by molar-refractivity contribution is -0.119. The van der Waals surface area contributed by atoms with E-state index in [0.29, 0.717) is 13.0 Å². The Kier molecular flexibility index (Phi) is 4.35. The second kappa shape index (κ2) is 5.97. The van der Waals surface area contributed by atoms with Gasteiger partial charge in [-0.1, -0.05) is 42.5 Å². The van der Waals surface area contributed by atoms with Gasteiger partial charge in [0.25, 0.3) is 0 Å². The van der Waals surface area contributed by atoms with Gasteiger partial charge in [-0.2, -0.15) is 0 Å². The third kappa shape index (κ3) is 4.08. The first kappa shape index (κ1) is 9.48. The second-order valence-electron chi connectivity index (χ2n) is 2.36. The summed E-state index contributed by atoms with van der Waals surface area (Å²) in [4.78, 5) is 14.5. The van der Waals surface area contributed by atoms with E-state index in [1.807, 2.05) is 42.5 Å². The normalized spacial score (nSPS) is 10.2. The van der Waals surface area contributed by atoms with Gasteiger partial charge in [0, 0.05) is 0 Å². The fraction of sp³-hybridized carbons (Fsp3) is 0.100. The Morgan fingerprint density at radius 3 is 2.77 bits per heavy atom. The van der Waals surface area contributed by atoms with Crippen LogP contribution in [0.2, 0.25) is 0 Å². The standard InChI is InChI=1S/C10H11NO2/c12-9-11-13-8-4-7-10-5-2-1-3-6-10/h1-7,9H,8H2,(H,11,12)/b7-4+. The molecule has 0 unspecified atom stereocenters. The second-order valence-corrected chi connectivity index (χ2v) is 2.36. The summed E-state index contributed by atoms with van der Waals surface area (Å²) in [6.45, 7) is 0.369. The van der Waals surface area contributed by atoms with Crippen LogP contribution in [0.5, 0.6) is 0 Å². The van der Waals surface area contributed by atoms with Crippen molar-refractivity contribution in [3.63, 3.8) is 0 Å². The van der Waals surface area contributed by atoms with Crippen molar-refractivity contribution < 1.29 is 9.63 Å². The predicted molar refractivity (Wildman–Crippen MR) is 50.6 cm³/mol. The van der Waals surface area contributed by atoms with Gasteiger partial charge in [0.1, 0.15) is 0 Å². The molecule has 0 fully saturated rings. The van der Waals surface area contributed by atoms with Crippen LogP contribution in [0.4, 0.5) is 0 Å². The van der Waals surface area contributed by atoms with E-state index in [-0.39, 0.29) is 0 Å². The first-order valence-corrected chi connectivity index (χ1v) is 3.96. The van der Waals surface area contributed by atoms with E-state index in [0.717, 1.165) is 5.56 Å². The molecule has 0 atom stereocenters. The molecule has 0 aromatic heterocycles. The zero-order valence-corrected chi connectivity index (χ0v) is 7.14. The summed E-state index contributed by atoms with van der Waals surface area (Å²) < 4.78 is 0. The smallest absolute Gasteiger partial charge is 0.230 e. The third-order valence-corrected chi connectivity index (χ3v) is 1.42. The average molecular weight is 177 g/mol. The van der Waals surface area contributed by atoms with Gasteiger partial charge in [-0.15, -0.1) is 0 Å². The van der Waals surface area contributed by atoms with E-state index in [1.165, 1.54) is 0 Å². The molecule has 0 saturated carbocycles. The molecule has 3 heteroatoms. The molecule has 0 saturated heterocycles. The van der Waals surface area contributed by atoms with Gasteiger partial charge in [-0.25, -0.2) is 5.48 Å². The number of hydrogen-bond donors (Lipinski definition) is 1. The highest BCUT2D eigenvalue weighted by molar-refractivity contribution is 5.48. The Hall–Kier alpha value is -1.61. The molecule has 13 heavy (non-hydrogen) atoms. The van der Waals surface area contributed by atoms with E-state index in [1.54, 1.807) is 0 Å². The van der Waals surface area contributed by atoms with Crippen molar-refractivity contribution in [2.45, 2.75) is 0 Å². The number of nitrogens with one attached hydrogen (secondary N) is 1. The van der Waals surface area contributed by atoms with Crippen LogP contribution in [0.1, 0.15) is 5.56 Å². The van der Waals surface area contributed by atoms with Crippen molar-refractivity contribution in [1.82, 2.24) is 5.48 Å². The largest absolute Gasteiger partial charge is 0.277 e. The van der Waals surface area contributed by atoms with E-state index in [9.17, 15) is 4.79 Å². The Balaban J connectivity index is 2.28. The van der Waals surface area contributed by atoms with E-state index < -0.39 is 0 Å². The van der Waals surface area contributed by atoms with Crippen molar-refractivity contribution in [1.29, 1.82) is 0 Å². The molecule has 0 aliphatic heterocycles. The van der Waals surface area contributed by atoms with Crippen LogP contribution in [0.3, 0.4) is 0 Å². The van der Waals surface area contributed by atoms with Crippen molar-refractivity contribution in [2.24, 2.45) is 0 Å². The Morgan fingerprint density at radius 1 is 1.31 bits per heavy atom. The van der Waals surface area contributed by atoms with Crippen molar-refractivity contribution in [2.75, 3.05) is 6.61 Å². The minimum Gasteiger partial charge on any atom is -0.277 e. The molecule has 0 spiro atoms. The Labute approximate surface area is 77.0 Å². The molecule has 1 N–H and O–H groups in total. The van der Waals surface area contributed by atoms with E-state index in [2.05, 4.69) is 5.48 Å². The van der Waals surface area contributed by atoms with Crippen molar-refractivity contribution in [3.05, 3.63) is 42.0 Å². The van der Waals surface area contributed by atoms with Gasteiger partial charge < -0.3 is 0 Å². The van der Waals surface area contributed by atoms with E-state index in [4.69, 9.17) is 4.84 Å².